The van der Waals surface area contributed by atoms with E-state index in [2.05, 4.69) is 4.98 Å². The minimum atomic E-state index is -0.464. The number of aromatic nitrogens is 2. The maximum atomic E-state index is 9.57. The number of hydrogen-bond donors (Lipinski definition) is 1. The van der Waals surface area contributed by atoms with Gasteiger partial charge in [0, 0.05) is 18.0 Å². The molecule has 0 fully saturated rings. The van der Waals surface area contributed by atoms with E-state index in [-0.39, 0.29) is 0 Å². The van der Waals surface area contributed by atoms with Gasteiger partial charge < -0.3 is 9.67 Å². The second-order valence-electron chi connectivity index (χ2n) is 3.20. The summed E-state index contributed by atoms with van der Waals surface area (Å²) in [5.74, 6) is 0. The van der Waals surface area contributed by atoms with Gasteiger partial charge in [0.15, 0.2) is 0 Å². The highest BCUT2D eigenvalue weighted by molar-refractivity contribution is 5.41. The Labute approximate surface area is 82.7 Å². The summed E-state index contributed by atoms with van der Waals surface area (Å²) in [5, 5.41) is 9.57. The quantitative estimate of drug-likeness (QED) is 0.782. The third-order valence-corrected chi connectivity index (χ3v) is 2.17. The molecule has 2 aromatic rings. The second-order valence-corrected chi connectivity index (χ2v) is 3.20. The summed E-state index contributed by atoms with van der Waals surface area (Å²) in [6, 6.07) is 7.74. The highest BCUT2D eigenvalue weighted by Gasteiger charge is 2.07. The number of imidazole rings is 1. The van der Waals surface area contributed by atoms with Gasteiger partial charge in [0.05, 0.1) is 18.1 Å². The van der Waals surface area contributed by atoms with E-state index in [0.29, 0.717) is 0 Å². The lowest BCUT2D eigenvalue weighted by atomic mass is 10.1. The second kappa shape index (κ2) is 3.64. The minimum Gasteiger partial charge on any atom is -0.389 e. The van der Waals surface area contributed by atoms with Crippen molar-refractivity contribution in [2.45, 2.75) is 13.0 Å². The van der Waals surface area contributed by atoms with E-state index in [4.69, 9.17) is 0 Å². The van der Waals surface area contributed by atoms with Crippen molar-refractivity contribution in [2.24, 2.45) is 0 Å². The van der Waals surface area contributed by atoms with Crippen LogP contribution in [0.5, 0.6) is 0 Å². The number of rotatable bonds is 2. The van der Waals surface area contributed by atoms with Gasteiger partial charge >= 0.3 is 0 Å². The summed E-state index contributed by atoms with van der Waals surface area (Å²) in [6.45, 7) is 1.76. The molecule has 1 aromatic carbocycles. The summed E-state index contributed by atoms with van der Waals surface area (Å²) in [7, 11) is 0. The Hall–Kier alpha value is -1.61. The lowest BCUT2D eigenvalue weighted by molar-refractivity contribution is 0.199. The zero-order valence-corrected chi connectivity index (χ0v) is 7.96. The molecule has 0 unspecified atom stereocenters. The third-order valence-electron chi connectivity index (χ3n) is 2.17. The van der Waals surface area contributed by atoms with Gasteiger partial charge in [-0.05, 0) is 13.0 Å². The van der Waals surface area contributed by atoms with Crippen LogP contribution in [0.2, 0.25) is 0 Å². The number of hydrogen-bond acceptors (Lipinski definition) is 2. The van der Waals surface area contributed by atoms with Gasteiger partial charge in [0.2, 0.25) is 0 Å². The predicted molar refractivity (Wildman–Crippen MR) is 54.2 cm³/mol. The van der Waals surface area contributed by atoms with Crippen molar-refractivity contribution in [3.05, 3.63) is 48.5 Å². The summed E-state index contributed by atoms with van der Waals surface area (Å²) < 4.78 is 1.89. The monoisotopic (exact) mass is 188 g/mol. The van der Waals surface area contributed by atoms with Crippen LogP contribution >= 0.6 is 0 Å². The van der Waals surface area contributed by atoms with Crippen molar-refractivity contribution in [1.82, 2.24) is 9.55 Å². The summed E-state index contributed by atoms with van der Waals surface area (Å²) >= 11 is 0. The zero-order chi connectivity index (χ0) is 9.97. The topological polar surface area (TPSA) is 38.0 Å². The van der Waals surface area contributed by atoms with Gasteiger partial charge in [0.25, 0.3) is 0 Å². The molecule has 0 aliphatic rings. The van der Waals surface area contributed by atoms with Gasteiger partial charge in [-0.25, -0.2) is 4.98 Å². The first kappa shape index (κ1) is 8.97. The molecule has 0 amide bonds. The molecular formula is C11H12N2O. The number of aliphatic hydroxyl groups excluding tert-OH is 1. The summed E-state index contributed by atoms with van der Waals surface area (Å²) in [5.41, 5.74) is 1.88. The van der Waals surface area contributed by atoms with Crippen LogP contribution in [0.1, 0.15) is 18.6 Å². The lowest BCUT2D eigenvalue weighted by Crippen LogP contribution is -2.00. The van der Waals surface area contributed by atoms with Crippen LogP contribution in [0.4, 0.5) is 0 Å². The fourth-order valence-electron chi connectivity index (χ4n) is 1.48. The Morgan fingerprint density at radius 2 is 2.14 bits per heavy atom. The van der Waals surface area contributed by atoms with Crippen LogP contribution < -0.4 is 0 Å². The maximum Gasteiger partial charge on any atom is 0.0991 e. The molecule has 0 radical (unpaired) electrons. The van der Waals surface area contributed by atoms with E-state index >= 15 is 0 Å². The average molecular weight is 188 g/mol. The van der Waals surface area contributed by atoms with Gasteiger partial charge in [0.1, 0.15) is 0 Å². The highest BCUT2D eigenvalue weighted by Crippen LogP contribution is 2.20. The van der Waals surface area contributed by atoms with Gasteiger partial charge in [-0.1, -0.05) is 18.2 Å². The molecule has 72 valence electrons. The van der Waals surface area contributed by atoms with Gasteiger partial charge in [-0.15, -0.1) is 0 Å². The normalized spacial score (nSPS) is 12.7. The van der Waals surface area contributed by atoms with Crippen molar-refractivity contribution < 1.29 is 5.11 Å². The van der Waals surface area contributed by atoms with Crippen molar-refractivity contribution in [2.75, 3.05) is 0 Å². The SMILES string of the molecule is C[C@@H](O)c1ccccc1-n1ccnc1. The van der Waals surface area contributed by atoms with E-state index in [1.807, 2.05) is 35.0 Å². The first-order valence-electron chi connectivity index (χ1n) is 4.54. The molecule has 3 heteroatoms. The van der Waals surface area contributed by atoms with Crippen LogP contribution in [0.3, 0.4) is 0 Å². The number of benzene rings is 1. The van der Waals surface area contributed by atoms with Crippen molar-refractivity contribution in [3.63, 3.8) is 0 Å². The largest absolute Gasteiger partial charge is 0.389 e. The Morgan fingerprint density at radius 1 is 1.36 bits per heavy atom. The lowest BCUT2D eigenvalue weighted by Gasteiger charge is -2.11. The molecule has 1 N–H and O–H groups in total. The van der Waals surface area contributed by atoms with Crippen LogP contribution in [-0.2, 0) is 0 Å². The molecule has 0 aliphatic heterocycles. The third kappa shape index (κ3) is 1.54. The Morgan fingerprint density at radius 3 is 2.79 bits per heavy atom. The molecule has 0 spiro atoms. The zero-order valence-electron chi connectivity index (χ0n) is 7.96. The van der Waals surface area contributed by atoms with Gasteiger partial charge in [-0.2, -0.15) is 0 Å². The Bertz CT molecular complexity index is 407. The molecule has 1 atom stereocenters. The first-order valence-corrected chi connectivity index (χ1v) is 4.54. The van der Waals surface area contributed by atoms with Gasteiger partial charge in [-0.3, -0.25) is 0 Å². The van der Waals surface area contributed by atoms with Crippen LogP contribution in [0.25, 0.3) is 5.69 Å². The Balaban J connectivity index is 2.53. The molecule has 0 bridgehead atoms. The molecule has 0 saturated heterocycles. The molecule has 1 aromatic heterocycles. The minimum absolute atomic E-state index is 0.464. The molecule has 2 rings (SSSR count). The molecule has 3 nitrogen and oxygen atoms in total. The maximum absolute atomic E-state index is 9.57. The summed E-state index contributed by atoms with van der Waals surface area (Å²) in [4.78, 5) is 3.98. The van der Waals surface area contributed by atoms with Crippen LogP contribution in [0.15, 0.2) is 43.0 Å². The molecule has 0 aliphatic carbocycles. The van der Waals surface area contributed by atoms with E-state index in [1.54, 1.807) is 19.4 Å². The van der Waals surface area contributed by atoms with E-state index in [1.165, 1.54) is 0 Å². The fourth-order valence-corrected chi connectivity index (χ4v) is 1.48. The molecular weight excluding hydrogens is 176 g/mol. The highest BCUT2D eigenvalue weighted by atomic mass is 16.3. The molecule has 1 heterocycles. The number of para-hydroxylation sites is 1. The van der Waals surface area contributed by atoms with E-state index < -0.39 is 6.10 Å². The van der Waals surface area contributed by atoms with Crippen LogP contribution in [0, 0.1) is 0 Å². The van der Waals surface area contributed by atoms with Crippen LogP contribution in [-0.4, -0.2) is 14.7 Å². The van der Waals surface area contributed by atoms with Crippen molar-refractivity contribution in [3.8, 4) is 5.69 Å². The Kier molecular flexibility index (Phi) is 2.33. The number of aliphatic hydroxyl groups is 1. The fraction of sp³-hybridized carbons (Fsp3) is 0.182. The molecule has 0 saturated carbocycles. The number of nitrogens with zero attached hydrogens (tertiary/aromatic N) is 2. The smallest absolute Gasteiger partial charge is 0.0991 e. The van der Waals surface area contributed by atoms with E-state index in [0.717, 1.165) is 11.3 Å². The molecule has 14 heavy (non-hydrogen) atoms. The predicted octanol–water partition coefficient (Wildman–Crippen LogP) is 1.93. The average Bonchev–Trinajstić information content (AvgIpc) is 2.70. The van der Waals surface area contributed by atoms with Crippen molar-refractivity contribution >= 4 is 0 Å². The first-order chi connectivity index (χ1) is 6.79. The standard InChI is InChI=1S/C11H12N2O/c1-9(14)10-4-2-3-5-11(10)13-7-6-12-8-13/h2-9,14H,1H3/t9-/m1/s1. The summed E-state index contributed by atoms with van der Waals surface area (Å²) in [6.07, 6.45) is 4.84. The van der Waals surface area contributed by atoms with E-state index in [9.17, 15) is 5.11 Å². The van der Waals surface area contributed by atoms with Crippen molar-refractivity contribution in [1.29, 1.82) is 0 Å².